The average molecular weight is 413 g/mol. The molecule has 1 aliphatic rings. The molecule has 0 bridgehead atoms. The van der Waals surface area contributed by atoms with Crippen molar-refractivity contribution in [3.05, 3.63) is 72.1 Å². The van der Waals surface area contributed by atoms with Gasteiger partial charge >= 0.3 is 5.97 Å². The van der Waals surface area contributed by atoms with Crippen LogP contribution in [-0.2, 0) is 19.1 Å². The van der Waals surface area contributed by atoms with Gasteiger partial charge in [-0.25, -0.2) is 4.79 Å². The first-order valence-electron chi connectivity index (χ1n) is 9.86. The Bertz CT molecular complexity index is 1310. The molecule has 0 saturated carbocycles. The van der Waals surface area contributed by atoms with Crippen LogP contribution in [-0.4, -0.2) is 45.8 Å². The Labute approximate surface area is 177 Å². The van der Waals surface area contributed by atoms with Gasteiger partial charge in [0.1, 0.15) is 6.04 Å². The standard InChI is InChI=1S/C24H19N3O4/c1-13(24(30)31-2)27-22(28)20(16-11-25-18-9-5-3-7-14(16)18)21(23(27)29)17-12-26-19-10-6-4-8-15(17)19/h3-13,25-26H,1-2H3/t13-/m0/s1. The van der Waals surface area contributed by atoms with Gasteiger partial charge in [0.2, 0.25) is 0 Å². The molecule has 2 aromatic heterocycles. The number of hydrogen-bond acceptors (Lipinski definition) is 4. The summed E-state index contributed by atoms with van der Waals surface area (Å²) in [6, 6.07) is 14.1. The van der Waals surface area contributed by atoms with E-state index in [2.05, 4.69) is 9.97 Å². The van der Waals surface area contributed by atoms with Gasteiger partial charge in [-0.05, 0) is 19.1 Å². The van der Waals surface area contributed by atoms with E-state index in [0.29, 0.717) is 11.1 Å². The van der Waals surface area contributed by atoms with Gasteiger partial charge in [0.15, 0.2) is 0 Å². The lowest BCUT2D eigenvalue weighted by atomic mass is 9.95. The largest absolute Gasteiger partial charge is 0.467 e. The number of hydrogen-bond donors (Lipinski definition) is 2. The molecule has 154 valence electrons. The highest BCUT2D eigenvalue weighted by Crippen LogP contribution is 2.41. The second-order valence-electron chi connectivity index (χ2n) is 7.43. The second-order valence-corrected chi connectivity index (χ2v) is 7.43. The monoisotopic (exact) mass is 413 g/mol. The smallest absolute Gasteiger partial charge is 0.328 e. The zero-order chi connectivity index (χ0) is 21.7. The summed E-state index contributed by atoms with van der Waals surface area (Å²) in [6.07, 6.45) is 3.46. The summed E-state index contributed by atoms with van der Waals surface area (Å²) in [6.45, 7) is 1.49. The number of rotatable bonds is 4. The van der Waals surface area contributed by atoms with E-state index >= 15 is 0 Å². The first-order chi connectivity index (χ1) is 15.0. The third kappa shape index (κ3) is 2.70. The van der Waals surface area contributed by atoms with Crippen molar-refractivity contribution in [2.75, 3.05) is 7.11 Å². The maximum absolute atomic E-state index is 13.6. The van der Waals surface area contributed by atoms with Gasteiger partial charge in [-0.3, -0.25) is 14.5 Å². The third-order valence-electron chi connectivity index (χ3n) is 5.76. The number of nitrogens with one attached hydrogen (secondary N) is 2. The molecule has 0 unspecified atom stereocenters. The molecule has 0 aliphatic carbocycles. The van der Waals surface area contributed by atoms with Crippen molar-refractivity contribution in [3.8, 4) is 0 Å². The number of carbonyl (C=O) groups excluding carboxylic acids is 3. The summed E-state index contributed by atoms with van der Waals surface area (Å²) in [5, 5.41) is 1.65. The third-order valence-corrected chi connectivity index (χ3v) is 5.76. The van der Waals surface area contributed by atoms with Crippen LogP contribution in [0.3, 0.4) is 0 Å². The fourth-order valence-electron chi connectivity index (χ4n) is 4.23. The van der Waals surface area contributed by atoms with Crippen LogP contribution in [0.25, 0.3) is 33.0 Å². The number of imide groups is 1. The van der Waals surface area contributed by atoms with Crippen molar-refractivity contribution in [1.82, 2.24) is 14.9 Å². The highest BCUT2D eigenvalue weighted by molar-refractivity contribution is 6.51. The normalized spacial score (nSPS) is 15.4. The summed E-state index contributed by atoms with van der Waals surface area (Å²) in [5.41, 5.74) is 3.47. The SMILES string of the molecule is COC(=O)[C@H](C)N1C(=O)C(c2c[nH]c3ccccc23)=C(c2c[nH]c3ccccc23)C1=O. The van der Waals surface area contributed by atoms with Gasteiger partial charge in [-0.15, -0.1) is 0 Å². The van der Waals surface area contributed by atoms with Gasteiger partial charge in [-0.2, -0.15) is 0 Å². The summed E-state index contributed by atoms with van der Waals surface area (Å²) < 4.78 is 4.80. The van der Waals surface area contributed by atoms with Gasteiger partial charge in [0.25, 0.3) is 11.8 Å². The molecule has 31 heavy (non-hydrogen) atoms. The second kappa shape index (κ2) is 6.98. The Kier molecular flexibility index (Phi) is 4.25. The number of benzene rings is 2. The van der Waals surface area contributed by atoms with E-state index in [1.807, 2.05) is 48.5 Å². The fraction of sp³-hybridized carbons (Fsp3) is 0.125. The van der Waals surface area contributed by atoms with E-state index in [1.54, 1.807) is 12.4 Å². The first kappa shape index (κ1) is 18.9. The van der Waals surface area contributed by atoms with Crippen molar-refractivity contribution in [2.45, 2.75) is 13.0 Å². The highest BCUT2D eigenvalue weighted by atomic mass is 16.5. The van der Waals surface area contributed by atoms with Gasteiger partial charge in [-0.1, -0.05) is 36.4 Å². The first-order valence-corrected chi connectivity index (χ1v) is 9.86. The van der Waals surface area contributed by atoms with Gasteiger partial charge in [0.05, 0.1) is 18.3 Å². The Morgan fingerprint density at radius 2 is 1.29 bits per heavy atom. The Balaban J connectivity index is 1.79. The molecule has 0 saturated heterocycles. The lowest BCUT2D eigenvalue weighted by Crippen LogP contribution is -2.44. The minimum atomic E-state index is -1.05. The number of amides is 2. The summed E-state index contributed by atoms with van der Waals surface area (Å²) in [7, 11) is 1.23. The van der Waals surface area contributed by atoms with Crippen molar-refractivity contribution in [1.29, 1.82) is 0 Å². The quantitative estimate of drug-likeness (QED) is 0.395. The summed E-state index contributed by atoms with van der Waals surface area (Å²) in [4.78, 5) is 46.7. The number of para-hydroxylation sites is 2. The molecular weight excluding hydrogens is 394 g/mol. The number of carbonyl (C=O) groups is 3. The van der Waals surface area contributed by atoms with Gasteiger partial charge in [0, 0.05) is 45.3 Å². The zero-order valence-corrected chi connectivity index (χ0v) is 16.9. The number of nitrogens with zero attached hydrogens (tertiary/aromatic N) is 1. The van der Waals surface area contributed by atoms with Crippen LogP contribution in [0.15, 0.2) is 60.9 Å². The van der Waals surface area contributed by atoms with Crippen LogP contribution in [0, 0.1) is 0 Å². The molecule has 0 radical (unpaired) electrons. The number of esters is 1. The molecule has 3 heterocycles. The van der Waals surface area contributed by atoms with Crippen LogP contribution in [0.4, 0.5) is 0 Å². The number of H-pyrrole nitrogens is 2. The Hall–Kier alpha value is -4.13. The minimum Gasteiger partial charge on any atom is -0.467 e. The van der Waals surface area contributed by atoms with E-state index in [-0.39, 0.29) is 11.1 Å². The summed E-state index contributed by atoms with van der Waals surface area (Å²) in [5.74, 6) is -1.69. The number of fused-ring (bicyclic) bond motifs is 2. The molecule has 7 heteroatoms. The summed E-state index contributed by atoms with van der Waals surface area (Å²) >= 11 is 0. The molecule has 0 spiro atoms. The van der Waals surface area contributed by atoms with Crippen LogP contribution >= 0.6 is 0 Å². The Morgan fingerprint density at radius 3 is 1.74 bits per heavy atom. The molecule has 4 aromatic rings. The molecule has 5 rings (SSSR count). The van der Waals surface area contributed by atoms with E-state index in [4.69, 9.17) is 4.74 Å². The zero-order valence-electron chi connectivity index (χ0n) is 16.9. The molecule has 1 aliphatic heterocycles. The average Bonchev–Trinajstić information content (AvgIpc) is 3.46. The predicted molar refractivity (Wildman–Crippen MR) is 117 cm³/mol. The van der Waals surface area contributed by atoms with Crippen LogP contribution < -0.4 is 0 Å². The van der Waals surface area contributed by atoms with E-state index in [9.17, 15) is 14.4 Å². The topological polar surface area (TPSA) is 95.3 Å². The van der Waals surface area contributed by atoms with Crippen LogP contribution in [0.1, 0.15) is 18.1 Å². The maximum Gasteiger partial charge on any atom is 0.328 e. The van der Waals surface area contributed by atoms with E-state index in [0.717, 1.165) is 26.7 Å². The molecule has 2 N–H and O–H groups in total. The van der Waals surface area contributed by atoms with Crippen molar-refractivity contribution >= 4 is 50.7 Å². The lowest BCUT2D eigenvalue weighted by Gasteiger charge is -2.21. The van der Waals surface area contributed by atoms with Crippen molar-refractivity contribution in [3.63, 3.8) is 0 Å². The number of ether oxygens (including phenoxy) is 1. The van der Waals surface area contributed by atoms with Crippen LogP contribution in [0.5, 0.6) is 0 Å². The van der Waals surface area contributed by atoms with Crippen molar-refractivity contribution in [2.24, 2.45) is 0 Å². The molecular formula is C24H19N3O4. The molecule has 2 aromatic carbocycles. The predicted octanol–water partition coefficient (Wildman–Crippen LogP) is 3.49. The minimum absolute atomic E-state index is 0.267. The maximum atomic E-state index is 13.6. The highest BCUT2D eigenvalue weighted by Gasteiger charge is 2.45. The Morgan fingerprint density at radius 1 is 0.839 bits per heavy atom. The molecule has 2 amide bonds. The number of methoxy groups -OCH3 is 1. The van der Waals surface area contributed by atoms with E-state index < -0.39 is 23.8 Å². The van der Waals surface area contributed by atoms with Gasteiger partial charge < -0.3 is 14.7 Å². The van der Waals surface area contributed by atoms with Crippen LogP contribution in [0.2, 0.25) is 0 Å². The lowest BCUT2D eigenvalue weighted by molar-refractivity contribution is -0.154. The fourth-order valence-corrected chi connectivity index (χ4v) is 4.23. The molecule has 7 nitrogen and oxygen atoms in total. The number of aromatic nitrogens is 2. The number of aromatic amines is 2. The van der Waals surface area contributed by atoms with Crippen molar-refractivity contribution < 1.29 is 19.1 Å². The molecule has 1 atom stereocenters. The van der Waals surface area contributed by atoms with E-state index in [1.165, 1.54) is 14.0 Å². The molecule has 0 fully saturated rings.